The van der Waals surface area contributed by atoms with Crippen LogP contribution in [0.3, 0.4) is 0 Å². The Morgan fingerprint density at radius 1 is 1.07 bits per heavy atom. The number of aromatic amines is 1. The van der Waals surface area contributed by atoms with E-state index < -0.39 is 34.5 Å². The fraction of sp³-hybridized carbons (Fsp3) is 0.100. The topological polar surface area (TPSA) is 110 Å². The molecule has 9 heteroatoms. The predicted molar refractivity (Wildman–Crippen MR) is 104 cm³/mol. The van der Waals surface area contributed by atoms with Crippen molar-refractivity contribution in [3.05, 3.63) is 75.6 Å². The molecule has 1 heterocycles. The number of hydrogen-bond acceptors (Lipinski definition) is 4. The minimum absolute atomic E-state index is 0.0122. The molecule has 1 amide bonds. The number of carbonyl (C=O) groups is 1. The molecule has 3 rings (SSSR count). The number of para-hydroxylation sites is 1. The van der Waals surface area contributed by atoms with E-state index in [0.29, 0.717) is 5.69 Å². The zero-order chi connectivity index (χ0) is 21.2. The quantitative estimate of drug-likeness (QED) is 0.482. The van der Waals surface area contributed by atoms with Gasteiger partial charge in [0.25, 0.3) is 5.91 Å². The van der Waals surface area contributed by atoms with Crippen LogP contribution in [0, 0.1) is 10.8 Å². The van der Waals surface area contributed by atoms with Crippen molar-refractivity contribution in [3.63, 3.8) is 0 Å². The third-order valence-corrected chi connectivity index (χ3v) is 4.29. The van der Waals surface area contributed by atoms with Crippen LogP contribution in [-0.2, 0) is 6.18 Å². The van der Waals surface area contributed by atoms with Crippen LogP contribution >= 0.6 is 0 Å². The highest BCUT2D eigenvalue weighted by atomic mass is 19.4. The van der Waals surface area contributed by atoms with Crippen LogP contribution in [0.2, 0.25) is 0 Å². The number of benzene rings is 2. The first-order valence-electron chi connectivity index (χ1n) is 8.40. The molecular formula is C20H15F3N4O2. The minimum atomic E-state index is -4.82. The maximum absolute atomic E-state index is 13.6. The number of alkyl halides is 3. The van der Waals surface area contributed by atoms with E-state index in [9.17, 15) is 22.8 Å². The highest BCUT2D eigenvalue weighted by Gasteiger charge is 2.34. The van der Waals surface area contributed by atoms with Gasteiger partial charge in [0.1, 0.15) is 5.69 Å². The lowest BCUT2D eigenvalue weighted by atomic mass is 9.95. The highest BCUT2D eigenvalue weighted by Crippen LogP contribution is 2.35. The number of rotatable bonds is 5. The number of anilines is 1. The molecule has 0 atom stereocenters. The fourth-order valence-electron chi connectivity index (χ4n) is 2.87. The van der Waals surface area contributed by atoms with Crippen molar-refractivity contribution in [1.82, 2.24) is 4.98 Å². The molecule has 148 valence electrons. The van der Waals surface area contributed by atoms with Gasteiger partial charge >= 0.3 is 6.18 Å². The molecule has 0 saturated heterocycles. The summed E-state index contributed by atoms with van der Waals surface area (Å²) < 4.78 is 40.9. The molecule has 0 aliphatic heterocycles. The zero-order valence-electron chi connectivity index (χ0n) is 14.8. The molecule has 0 bridgehead atoms. The Bertz CT molecular complexity index is 1150. The Kier molecular flexibility index (Phi) is 5.31. The molecule has 0 radical (unpaired) electrons. The first-order valence-corrected chi connectivity index (χ1v) is 8.40. The lowest BCUT2D eigenvalue weighted by molar-refractivity contribution is -0.136. The fourth-order valence-corrected chi connectivity index (χ4v) is 2.87. The van der Waals surface area contributed by atoms with Gasteiger partial charge in [-0.2, -0.15) is 13.2 Å². The second-order valence-electron chi connectivity index (χ2n) is 6.22. The van der Waals surface area contributed by atoms with Gasteiger partial charge in [0, 0.05) is 29.6 Å². The molecule has 4 N–H and O–H groups in total. The lowest BCUT2D eigenvalue weighted by Gasteiger charge is -2.15. The van der Waals surface area contributed by atoms with E-state index >= 15 is 0 Å². The number of nitrogens with one attached hydrogen (secondary N) is 4. The Labute approximate surface area is 162 Å². The second kappa shape index (κ2) is 7.70. The summed E-state index contributed by atoms with van der Waals surface area (Å²) in [5, 5.41) is 16.8. The smallest absolute Gasteiger partial charge is 0.350 e. The van der Waals surface area contributed by atoms with E-state index in [0.717, 1.165) is 24.6 Å². The van der Waals surface area contributed by atoms with E-state index in [4.69, 9.17) is 10.8 Å². The van der Waals surface area contributed by atoms with Gasteiger partial charge in [0.2, 0.25) is 0 Å². The average molecular weight is 400 g/mol. The molecule has 0 saturated carbocycles. The summed E-state index contributed by atoms with van der Waals surface area (Å²) in [6.07, 6.45) is -3.20. The molecule has 0 unspecified atom stereocenters. The highest BCUT2D eigenvalue weighted by molar-refractivity contribution is 6.04. The standard InChI is InChI=1S/C20H15F3N4O2/c21-20(22,23)15-7-11(12(9-24)10-25)6-14-17(28)8-16(27-18(14)15)19(29)26-13-4-2-1-3-5-13/h1-10,12,24-25H,(H,26,29)(H,27,28). The summed E-state index contributed by atoms with van der Waals surface area (Å²) >= 11 is 0. The van der Waals surface area contributed by atoms with Crippen molar-refractivity contribution in [2.45, 2.75) is 12.1 Å². The van der Waals surface area contributed by atoms with Gasteiger partial charge in [0.05, 0.1) is 17.0 Å². The number of pyridine rings is 1. The molecule has 29 heavy (non-hydrogen) atoms. The van der Waals surface area contributed by atoms with Crippen LogP contribution in [0.4, 0.5) is 18.9 Å². The maximum Gasteiger partial charge on any atom is 0.418 e. The van der Waals surface area contributed by atoms with Gasteiger partial charge in [-0.25, -0.2) is 0 Å². The summed E-state index contributed by atoms with van der Waals surface area (Å²) in [5.74, 6) is -1.76. The number of halogens is 3. The Morgan fingerprint density at radius 3 is 2.31 bits per heavy atom. The van der Waals surface area contributed by atoms with E-state index in [1.54, 1.807) is 30.3 Å². The number of fused-ring (bicyclic) bond motifs is 1. The lowest BCUT2D eigenvalue weighted by Crippen LogP contribution is -2.19. The van der Waals surface area contributed by atoms with Crippen molar-refractivity contribution >= 4 is 34.9 Å². The third-order valence-electron chi connectivity index (χ3n) is 4.29. The molecule has 6 nitrogen and oxygen atoms in total. The van der Waals surface area contributed by atoms with Crippen LogP contribution < -0.4 is 10.7 Å². The van der Waals surface area contributed by atoms with Crippen LogP contribution in [0.25, 0.3) is 10.9 Å². The van der Waals surface area contributed by atoms with Crippen molar-refractivity contribution in [2.75, 3.05) is 5.32 Å². The van der Waals surface area contributed by atoms with Crippen LogP contribution in [0.5, 0.6) is 0 Å². The number of carbonyl (C=O) groups excluding carboxylic acids is 1. The van der Waals surface area contributed by atoms with Crippen molar-refractivity contribution in [3.8, 4) is 0 Å². The average Bonchev–Trinajstić information content (AvgIpc) is 2.68. The maximum atomic E-state index is 13.6. The Hall–Kier alpha value is -3.75. The van der Waals surface area contributed by atoms with Crippen LogP contribution in [0.15, 0.2) is 53.3 Å². The molecule has 0 aliphatic carbocycles. The molecule has 2 aromatic carbocycles. The van der Waals surface area contributed by atoms with Gasteiger partial charge in [-0.05, 0) is 29.8 Å². The minimum Gasteiger partial charge on any atom is -0.350 e. The molecule has 3 aromatic rings. The summed E-state index contributed by atoms with van der Waals surface area (Å²) in [6, 6.07) is 11.2. The monoisotopic (exact) mass is 400 g/mol. The number of aromatic nitrogens is 1. The molecular weight excluding hydrogens is 385 g/mol. The van der Waals surface area contributed by atoms with Crippen molar-refractivity contribution in [1.29, 1.82) is 10.8 Å². The van der Waals surface area contributed by atoms with Crippen molar-refractivity contribution < 1.29 is 18.0 Å². The SMILES string of the molecule is N=CC(C=N)c1cc(C(F)(F)F)c2[nH]c(C(=O)Nc3ccccc3)cc(=O)c2c1. The van der Waals surface area contributed by atoms with Gasteiger partial charge in [0.15, 0.2) is 5.43 Å². The van der Waals surface area contributed by atoms with Crippen LogP contribution in [-0.4, -0.2) is 23.3 Å². The summed E-state index contributed by atoms with van der Waals surface area (Å²) in [4.78, 5) is 27.3. The third kappa shape index (κ3) is 4.08. The number of H-pyrrole nitrogens is 1. The normalized spacial score (nSPS) is 12.4. The molecule has 0 spiro atoms. The Morgan fingerprint density at radius 2 is 1.72 bits per heavy atom. The molecule has 1 aromatic heterocycles. The molecule has 0 fully saturated rings. The van der Waals surface area contributed by atoms with E-state index in [1.807, 2.05) is 0 Å². The van der Waals surface area contributed by atoms with Crippen molar-refractivity contribution in [2.24, 2.45) is 0 Å². The predicted octanol–water partition coefficient (Wildman–Crippen LogP) is 4.18. The van der Waals surface area contributed by atoms with Gasteiger partial charge in [-0.1, -0.05) is 18.2 Å². The van der Waals surface area contributed by atoms with E-state index in [1.165, 1.54) is 6.07 Å². The summed E-state index contributed by atoms with van der Waals surface area (Å²) in [6.45, 7) is 0. The molecule has 0 aliphatic rings. The van der Waals surface area contributed by atoms with E-state index in [2.05, 4.69) is 10.3 Å². The van der Waals surface area contributed by atoms with Gasteiger partial charge < -0.3 is 21.1 Å². The number of amides is 1. The van der Waals surface area contributed by atoms with Crippen LogP contribution in [0.1, 0.15) is 27.5 Å². The Balaban J connectivity index is 2.19. The summed E-state index contributed by atoms with van der Waals surface area (Å²) in [5.41, 5.74) is -2.37. The largest absolute Gasteiger partial charge is 0.418 e. The van der Waals surface area contributed by atoms with Gasteiger partial charge in [-0.3, -0.25) is 9.59 Å². The van der Waals surface area contributed by atoms with Gasteiger partial charge in [-0.15, -0.1) is 0 Å². The zero-order valence-corrected chi connectivity index (χ0v) is 14.8. The van der Waals surface area contributed by atoms with E-state index in [-0.39, 0.29) is 16.6 Å². The number of hydrogen-bond donors (Lipinski definition) is 4. The first-order chi connectivity index (χ1) is 13.7. The first kappa shape index (κ1) is 20.0. The second-order valence-corrected chi connectivity index (χ2v) is 6.22. The summed E-state index contributed by atoms with van der Waals surface area (Å²) in [7, 11) is 0.